The van der Waals surface area contributed by atoms with Crippen LogP contribution in [0.25, 0.3) is 0 Å². The molecule has 0 saturated carbocycles. The third-order valence-electron chi connectivity index (χ3n) is 4.16. The van der Waals surface area contributed by atoms with Crippen LogP contribution in [0.3, 0.4) is 0 Å². The fourth-order valence-electron chi connectivity index (χ4n) is 2.86. The van der Waals surface area contributed by atoms with E-state index in [-0.39, 0.29) is 5.91 Å². The van der Waals surface area contributed by atoms with Gasteiger partial charge in [-0.3, -0.25) is 4.79 Å². The van der Waals surface area contributed by atoms with Crippen molar-refractivity contribution in [3.05, 3.63) is 35.9 Å². The molecule has 3 heteroatoms. The molecule has 116 valence electrons. The molecule has 0 atom stereocenters. The van der Waals surface area contributed by atoms with Gasteiger partial charge in [-0.15, -0.1) is 0 Å². The van der Waals surface area contributed by atoms with E-state index in [4.69, 9.17) is 0 Å². The zero-order valence-corrected chi connectivity index (χ0v) is 13.0. The van der Waals surface area contributed by atoms with Gasteiger partial charge in [0, 0.05) is 13.0 Å². The molecule has 0 unspecified atom stereocenters. The molecule has 0 radical (unpaired) electrons. The Morgan fingerprint density at radius 1 is 1.05 bits per heavy atom. The van der Waals surface area contributed by atoms with Crippen LogP contribution in [0.4, 0.5) is 0 Å². The van der Waals surface area contributed by atoms with Crippen molar-refractivity contribution >= 4 is 5.91 Å². The normalized spacial score (nSPS) is 15.8. The quantitative estimate of drug-likeness (QED) is 0.746. The van der Waals surface area contributed by atoms with Gasteiger partial charge in [-0.2, -0.15) is 0 Å². The number of hydrogen-bond acceptors (Lipinski definition) is 2. The van der Waals surface area contributed by atoms with Gasteiger partial charge in [0.2, 0.25) is 5.91 Å². The van der Waals surface area contributed by atoms with E-state index in [1.54, 1.807) is 0 Å². The predicted octanol–water partition coefficient (Wildman–Crippen LogP) is 3.00. The number of piperidine rings is 1. The Labute approximate surface area is 128 Å². The van der Waals surface area contributed by atoms with Crippen molar-refractivity contribution in [2.75, 3.05) is 26.2 Å². The number of carbonyl (C=O) groups excluding carboxylic acids is 1. The number of benzene rings is 1. The summed E-state index contributed by atoms with van der Waals surface area (Å²) in [5.74, 6) is 0.178. The van der Waals surface area contributed by atoms with Gasteiger partial charge in [-0.05, 0) is 57.3 Å². The largest absolute Gasteiger partial charge is 0.356 e. The van der Waals surface area contributed by atoms with E-state index in [2.05, 4.69) is 22.3 Å². The van der Waals surface area contributed by atoms with Crippen molar-refractivity contribution in [2.45, 2.75) is 44.9 Å². The van der Waals surface area contributed by atoms with Gasteiger partial charge >= 0.3 is 0 Å². The Hall–Kier alpha value is -1.35. The number of hydrogen-bond donors (Lipinski definition) is 1. The molecule has 1 heterocycles. The lowest BCUT2D eigenvalue weighted by atomic mass is 10.1. The molecular formula is C18H28N2O. The van der Waals surface area contributed by atoms with E-state index in [9.17, 15) is 4.79 Å². The Bertz CT molecular complexity index is 399. The predicted molar refractivity (Wildman–Crippen MR) is 87.3 cm³/mol. The summed E-state index contributed by atoms with van der Waals surface area (Å²) in [5, 5.41) is 3.03. The minimum atomic E-state index is 0.178. The van der Waals surface area contributed by atoms with Crippen LogP contribution in [-0.2, 0) is 11.2 Å². The summed E-state index contributed by atoms with van der Waals surface area (Å²) >= 11 is 0. The molecule has 0 aromatic heterocycles. The van der Waals surface area contributed by atoms with Crippen LogP contribution in [0.5, 0.6) is 0 Å². The molecule has 1 aromatic carbocycles. The summed E-state index contributed by atoms with van der Waals surface area (Å²) in [6.07, 6.45) is 7.82. The standard InChI is InChI=1S/C18H28N2O/c21-18(12-11-17-9-3-1-4-10-17)19-13-5-8-16-20-14-6-2-7-15-20/h1,3-4,9-10H,2,5-8,11-16H2,(H,19,21). The van der Waals surface area contributed by atoms with Gasteiger partial charge in [0.25, 0.3) is 0 Å². The fourth-order valence-corrected chi connectivity index (χ4v) is 2.86. The lowest BCUT2D eigenvalue weighted by Crippen LogP contribution is -2.31. The molecule has 1 aromatic rings. The maximum atomic E-state index is 11.8. The Morgan fingerprint density at radius 2 is 1.81 bits per heavy atom. The maximum absolute atomic E-state index is 11.8. The summed E-state index contributed by atoms with van der Waals surface area (Å²) in [6.45, 7) is 4.55. The number of likely N-dealkylation sites (tertiary alicyclic amines) is 1. The number of nitrogens with one attached hydrogen (secondary N) is 1. The third kappa shape index (κ3) is 6.76. The highest BCUT2D eigenvalue weighted by molar-refractivity contribution is 5.76. The third-order valence-corrected chi connectivity index (χ3v) is 4.16. The first kappa shape index (κ1) is 16.0. The van der Waals surface area contributed by atoms with Gasteiger partial charge in [0.15, 0.2) is 0 Å². The van der Waals surface area contributed by atoms with Crippen LogP contribution in [0.1, 0.15) is 44.1 Å². The van der Waals surface area contributed by atoms with Crippen LogP contribution < -0.4 is 5.32 Å². The van der Waals surface area contributed by atoms with Gasteiger partial charge in [-0.25, -0.2) is 0 Å². The van der Waals surface area contributed by atoms with E-state index in [1.165, 1.54) is 50.9 Å². The Kier molecular flexibility index (Phi) is 7.30. The maximum Gasteiger partial charge on any atom is 0.220 e. The molecular weight excluding hydrogens is 260 g/mol. The van der Waals surface area contributed by atoms with Gasteiger partial charge in [0.05, 0.1) is 0 Å². The van der Waals surface area contributed by atoms with Gasteiger partial charge in [-0.1, -0.05) is 36.8 Å². The molecule has 1 saturated heterocycles. The first-order valence-corrected chi connectivity index (χ1v) is 8.37. The Morgan fingerprint density at radius 3 is 2.57 bits per heavy atom. The average Bonchev–Trinajstić information content (AvgIpc) is 2.54. The van der Waals surface area contributed by atoms with Crippen molar-refractivity contribution in [3.8, 4) is 0 Å². The SMILES string of the molecule is O=C(CCc1ccccc1)NCCCCN1CCCCC1. The molecule has 0 bridgehead atoms. The zero-order valence-electron chi connectivity index (χ0n) is 13.0. The zero-order chi connectivity index (χ0) is 14.8. The summed E-state index contributed by atoms with van der Waals surface area (Å²) in [6, 6.07) is 10.2. The van der Waals surface area contributed by atoms with Crippen LogP contribution in [0.15, 0.2) is 30.3 Å². The van der Waals surface area contributed by atoms with E-state index in [0.717, 1.165) is 19.4 Å². The number of amides is 1. The summed E-state index contributed by atoms with van der Waals surface area (Å²) in [7, 11) is 0. The summed E-state index contributed by atoms with van der Waals surface area (Å²) in [5.41, 5.74) is 1.23. The molecule has 1 aliphatic heterocycles. The second kappa shape index (κ2) is 9.56. The minimum Gasteiger partial charge on any atom is -0.356 e. The van der Waals surface area contributed by atoms with Crippen LogP contribution in [-0.4, -0.2) is 37.0 Å². The van der Waals surface area contributed by atoms with Crippen LogP contribution in [0, 0.1) is 0 Å². The van der Waals surface area contributed by atoms with Crippen molar-refractivity contribution in [1.82, 2.24) is 10.2 Å². The summed E-state index contributed by atoms with van der Waals surface area (Å²) < 4.78 is 0. The van der Waals surface area contributed by atoms with Crippen molar-refractivity contribution in [3.63, 3.8) is 0 Å². The van der Waals surface area contributed by atoms with E-state index in [0.29, 0.717) is 6.42 Å². The highest BCUT2D eigenvalue weighted by Crippen LogP contribution is 2.09. The highest BCUT2D eigenvalue weighted by atomic mass is 16.1. The summed E-state index contributed by atoms with van der Waals surface area (Å²) in [4.78, 5) is 14.3. The highest BCUT2D eigenvalue weighted by Gasteiger charge is 2.08. The monoisotopic (exact) mass is 288 g/mol. The molecule has 0 aliphatic carbocycles. The van der Waals surface area contributed by atoms with Gasteiger partial charge < -0.3 is 10.2 Å². The topological polar surface area (TPSA) is 32.3 Å². The van der Waals surface area contributed by atoms with Crippen LogP contribution in [0.2, 0.25) is 0 Å². The van der Waals surface area contributed by atoms with Crippen molar-refractivity contribution in [2.24, 2.45) is 0 Å². The fraction of sp³-hybridized carbons (Fsp3) is 0.611. The number of nitrogens with zero attached hydrogens (tertiary/aromatic N) is 1. The average molecular weight is 288 g/mol. The number of carbonyl (C=O) groups is 1. The lowest BCUT2D eigenvalue weighted by Gasteiger charge is -2.26. The smallest absolute Gasteiger partial charge is 0.220 e. The molecule has 0 spiro atoms. The van der Waals surface area contributed by atoms with E-state index < -0.39 is 0 Å². The molecule has 1 aliphatic rings. The second-order valence-corrected chi connectivity index (χ2v) is 5.94. The number of aryl methyl sites for hydroxylation is 1. The van der Waals surface area contributed by atoms with E-state index >= 15 is 0 Å². The second-order valence-electron chi connectivity index (χ2n) is 5.94. The van der Waals surface area contributed by atoms with Crippen molar-refractivity contribution < 1.29 is 4.79 Å². The first-order valence-electron chi connectivity index (χ1n) is 8.37. The number of unbranched alkanes of at least 4 members (excludes halogenated alkanes) is 1. The molecule has 1 fully saturated rings. The number of rotatable bonds is 8. The molecule has 1 amide bonds. The van der Waals surface area contributed by atoms with Gasteiger partial charge in [0.1, 0.15) is 0 Å². The Balaban J connectivity index is 1.47. The molecule has 21 heavy (non-hydrogen) atoms. The van der Waals surface area contributed by atoms with Crippen molar-refractivity contribution in [1.29, 1.82) is 0 Å². The lowest BCUT2D eigenvalue weighted by molar-refractivity contribution is -0.121. The molecule has 1 N–H and O–H groups in total. The molecule has 3 nitrogen and oxygen atoms in total. The first-order chi connectivity index (χ1) is 10.3. The van der Waals surface area contributed by atoms with E-state index in [1.807, 2.05) is 18.2 Å². The minimum absolute atomic E-state index is 0.178. The molecule has 2 rings (SSSR count). The van der Waals surface area contributed by atoms with Crippen LogP contribution >= 0.6 is 0 Å².